The molecule has 2 N–H and O–H groups in total. The van der Waals surface area contributed by atoms with Gasteiger partial charge in [-0.3, -0.25) is 19.4 Å². The first kappa shape index (κ1) is 21.9. The van der Waals surface area contributed by atoms with E-state index >= 15 is 0 Å². The Labute approximate surface area is 188 Å². The summed E-state index contributed by atoms with van der Waals surface area (Å²) in [4.78, 5) is 51.4. The molecule has 4 aromatic rings. The van der Waals surface area contributed by atoms with E-state index in [1.54, 1.807) is 48.7 Å². The van der Waals surface area contributed by atoms with Gasteiger partial charge in [-0.15, -0.1) is 0 Å². The Morgan fingerprint density at radius 1 is 0.939 bits per heavy atom. The molecule has 8 heteroatoms. The van der Waals surface area contributed by atoms with Crippen LogP contribution in [-0.2, 0) is 5.41 Å². The second-order valence-corrected chi connectivity index (χ2v) is 8.51. The van der Waals surface area contributed by atoms with E-state index in [0.717, 1.165) is 0 Å². The molecule has 0 amide bonds. The van der Waals surface area contributed by atoms with E-state index in [0.29, 0.717) is 28.3 Å². The zero-order valence-corrected chi connectivity index (χ0v) is 18.4. The van der Waals surface area contributed by atoms with Gasteiger partial charge in [0.25, 0.3) is 11.1 Å². The van der Waals surface area contributed by atoms with Crippen molar-refractivity contribution in [2.75, 3.05) is 0 Å². The van der Waals surface area contributed by atoms with Crippen LogP contribution in [0.5, 0.6) is 0 Å². The molecule has 0 fully saturated rings. The van der Waals surface area contributed by atoms with Gasteiger partial charge in [0.2, 0.25) is 5.78 Å². The summed E-state index contributed by atoms with van der Waals surface area (Å²) in [7, 11) is 0. The fraction of sp³-hybridized carbons (Fsp3) is 0.160. The average Bonchev–Trinajstić information content (AvgIpc) is 3.26. The normalized spacial score (nSPS) is 12.8. The van der Waals surface area contributed by atoms with Crippen molar-refractivity contribution in [1.82, 2.24) is 19.9 Å². The minimum Gasteiger partial charge on any atom is -0.447 e. The lowest BCUT2D eigenvalue weighted by atomic mass is 9.92. The van der Waals surface area contributed by atoms with Crippen molar-refractivity contribution < 1.29 is 9.21 Å². The molecule has 3 heterocycles. The van der Waals surface area contributed by atoms with E-state index in [2.05, 4.69) is 19.9 Å². The molecule has 3 aromatic heterocycles. The van der Waals surface area contributed by atoms with Crippen LogP contribution in [0.15, 0.2) is 69.1 Å². The molecule has 0 aliphatic carbocycles. The molecular weight excluding hydrogens is 420 g/mol. The molecule has 166 valence electrons. The molecule has 0 aliphatic heterocycles. The summed E-state index contributed by atoms with van der Waals surface area (Å²) in [5, 5.41) is 0.131. The summed E-state index contributed by atoms with van der Waals surface area (Å²) in [6.45, 7) is 5.88. The Bertz CT molecular complexity index is 1550. The molecule has 0 saturated heterocycles. The molecule has 0 unspecified atom stereocenters. The SMILES string of the molecule is CC(C)(C)c1ocnc1C=c1[nH]c(=O)c(=Cc2cccc(C(=O)c3ccccn3)c2)[nH]c1=O. The van der Waals surface area contributed by atoms with Gasteiger partial charge in [0.1, 0.15) is 27.8 Å². The summed E-state index contributed by atoms with van der Waals surface area (Å²) < 4.78 is 5.45. The maximum Gasteiger partial charge on any atom is 0.272 e. The van der Waals surface area contributed by atoms with Crippen molar-refractivity contribution in [3.63, 3.8) is 0 Å². The number of H-pyrrole nitrogens is 2. The van der Waals surface area contributed by atoms with Crippen molar-refractivity contribution in [3.05, 3.63) is 115 Å². The third-order valence-corrected chi connectivity index (χ3v) is 4.90. The highest BCUT2D eigenvalue weighted by Crippen LogP contribution is 2.25. The Balaban J connectivity index is 1.74. The largest absolute Gasteiger partial charge is 0.447 e. The van der Waals surface area contributed by atoms with Gasteiger partial charge >= 0.3 is 0 Å². The van der Waals surface area contributed by atoms with Crippen LogP contribution >= 0.6 is 0 Å². The molecule has 0 bridgehead atoms. The molecule has 0 aliphatic rings. The highest BCUT2D eigenvalue weighted by Gasteiger charge is 2.22. The van der Waals surface area contributed by atoms with Crippen molar-refractivity contribution in [3.8, 4) is 0 Å². The molecule has 0 saturated carbocycles. The topological polar surface area (TPSA) is 122 Å². The summed E-state index contributed by atoms with van der Waals surface area (Å²) in [6.07, 6.45) is 5.85. The number of aromatic amines is 2. The van der Waals surface area contributed by atoms with Crippen molar-refractivity contribution >= 4 is 17.9 Å². The van der Waals surface area contributed by atoms with E-state index in [-0.39, 0.29) is 21.9 Å². The van der Waals surface area contributed by atoms with Gasteiger partial charge in [-0.1, -0.05) is 45.0 Å². The number of hydrogen-bond acceptors (Lipinski definition) is 6. The number of carbonyl (C=O) groups is 1. The Morgan fingerprint density at radius 3 is 2.33 bits per heavy atom. The number of carbonyl (C=O) groups excluding carboxylic acids is 1. The lowest BCUT2D eigenvalue weighted by molar-refractivity contribution is 0.103. The van der Waals surface area contributed by atoms with Crippen molar-refractivity contribution in [1.29, 1.82) is 0 Å². The molecule has 0 spiro atoms. The number of benzene rings is 1. The second kappa shape index (κ2) is 8.66. The summed E-state index contributed by atoms with van der Waals surface area (Å²) >= 11 is 0. The van der Waals surface area contributed by atoms with Gasteiger partial charge in [0, 0.05) is 17.2 Å². The summed E-state index contributed by atoms with van der Waals surface area (Å²) in [5.74, 6) is 0.369. The number of nitrogens with zero attached hydrogens (tertiary/aromatic N) is 2. The van der Waals surface area contributed by atoms with E-state index < -0.39 is 11.1 Å². The maximum atomic E-state index is 12.6. The zero-order valence-electron chi connectivity index (χ0n) is 18.4. The van der Waals surface area contributed by atoms with Crippen LogP contribution < -0.4 is 21.8 Å². The summed E-state index contributed by atoms with van der Waals surface area (Å²) in [5.41, 5.74) is 0.519. The van der Waals surface area contributed by atoms with E-state index in [9.17, 15) is 14.4 Å². The molecule has 4 rings (SSSR count). The van der Waals surface area contributed by atoms with Gasteiger partial charge in [0.05, 0.1) is 0 Å². The number of oxazole rings is 1. The van der Waals surface area contributed by atoms with Crippen molar-refractivity contribution in [2.24, 2.45) is 0 Å². The number of rotatable bonds is 4. The van der Waals surface area contributed by atoms with Crippen LogP contribution in [0.2, 0.25) is 0 Å². The highest BCUT2D eigenvalue weighted by atomic mass is 16.3. The molecule has 8 nitrogen and oxygen atoms in total. The van der Waals surface area contributed by atoms with Crippen LogP contribution in [-0.4, -0.2) is 25.7 Å². The minimum absolute atomic E-state index is 0.0654. The lowest BCUT2D eigenvalue weighted by Gasteiger charge is -2.14. The molecule has 33 heavy (non-hydrogen) atoms. The van der Waals surface area contributed by atoms with Gasteiger partial charge in [-0.05, 0) is 35.9 Å². The van der Waals surface area contributed by atoms with Crippen LogP contribution in [0.1, 0.15) is 53.8 Å². The van der Waals surface area contributed by atoms with Gasteiger partial charge in [0.15, 0.2) is 6.39 Å². The monoisotopic (exact) mass is 442 g/mol. The Hall–Kier alpha value is -4.33. The van der Waals surface area contributed by atoms with Gasteiger partial charge in [-0.2, -0.15) is 0 Å². The van der Waals surface area contributed by atoms with E-state index in [4.69, 9.17) is 4.42 Å². The first-order valence-electron chi connectivity index (χ1n) is 10.3. The first-order chi connectivity index (χ1) is 15.7. The van der Waals surface area contributed by atoms with E-state index in [1.165, 1.54) is 18.5 Å². The number of nitrogens with one attached hydrogen (secondary N) is 2. The third-order valence-electron chi connectivity index (χ3n) is 4.90. The fourth-order valence-electron chi connectivity index (χ4n) is 3.33. The van der Waals surface area contributed by atoms with Gasteiger partial charge in [-0.25, -0.2) is 4.98 Å². The predicted molar refractivity (Wildman–Crippen MR) is 123 cm³/mol. The minimum atomic E-state index is -0.483. The fourth-order valence-corrected chi connectivity index (χ4v) is 3.33. The third kappa shape index (κ3) is 4.79. The van der Waals surface area contributed by atoms with Crippen LogP contribution in [0.25, 0.3) is 12.2 Å². The molecule has 0 radical (unpaired) electrons. The smallest absolute Gasteiger partial charge is 0.272 e. The quantitative estimate of drug-likeness (QED) is 0.464. The number of ketones is 1. The average molecular weight is 442 g/mol. The van der Waals surface area contributed by atoms with Crippen LogP contribution in [0.3, 0.4) is 0 Å². The zero-order chi connectivity index (χ0) is 23.6. The van der Waals surface area contributed by atoms with Gasteiger partial charge < -0.3 is 14.4 Å². The number of aromatic nitrogens is 4. The van der Waals surface area contributed by atoms with E-state index in [1.807, 2.05) is 20.8 Å². The second-order valence-electron chi connectivity index (χ2n) is 8.51. The number of hydrogen-bond donors (Lipinski definition) is 2. The first-order valence-corrected chi connectivity index (χ1v) is 10.3. The van der Waals surface area contributed by atoms with Crippen LogP contribution in [0, 0.1) is 0 Å². The van der Waals surface area contributed by atoms with Crippen molar-refractivity contribution in [2.45, 2.75) is 26.2 Å². The standard InChI is InChI=1S/C25H22N4O4/c1-25(2,3)22-18(27-14-33-22)13-20-24(32)28-19(23(31)29-20)12-15-7-6-8-16(11-15)21(30)17-9-4-5-10-26-17/h4-14H,1-3H3,(H,28,32)(H,29,31). The Morgan fingerprint density at radius 2 is 1.67 bits per heavy atom. The maximum absolute atomic E-state index is 12.6. The van der Waals surface area contributed by atoms with Crippen LogP contribution in [0.4, 0.5) is 0 Å². The molecular formula is C25H22N4O4. The summed E-state index contributed by atoms with van der Waals surface area (Å²) in [6, 6.07) is 11.9. The molecule has 0 atom stereocenters. The highest BCUT2D eigenvalue weighted by molar-refractivity contribution is 6.07. The molecule has 1 aromatic carbocycles. The predicted octanol–water partition coefficient (Wildman–Crippen LogP) is 1.63. The Kier molecular flexibility index (Phi) is 5.74. The number of pyridine rings is 1. The lowest BCUT2D eigenvalue weighted by Crippen LogP contribution is -2.46.